The number of fused-ring (bicyclic) bond motifs is 1. The van der Waals surface area contributed by atoms with Crippen LogP contribution in [-0.2, 0) is 9.53 Å². The highest BCUT2D eigenvalue weighted by Gasteiger charge is 2.11. The second-order valence-corrected chi connectivity index (χ2v) is 4.26. The fraction of sp³-hybridized carbons (Fsp3) is 0.333. The number of hydrogen-bond acceptors (Lipinski definition) is 4. The fourth-order valence-electron chi connectivity index (χ4n) is 2.10. The summed E-state index contributed by atoms with van der Waals surface area (Å²) < 4.78 is 4.68. The van der Waals surface area contributed by atoms with E-state index in [0.717, 1.165) is 23.1 Å². The standard InChI is InChI=1S/C15H18N2O2/c1-3-17(11-9-14(18)19-2)15-13-7-5-4-6-12(13)8-10-16-15/h4-8,10H,3,9,11H2,1-2H3. The molecule has 0 fully saturated rings. The zero-order chi connectivity index (χ0) is 13.7. The lowest BCUT2D eigenvalue weighted by molar-refractivity contribution is -0.140. The molecule has 0 saturated heterocycles. The third-order valence-electron chi connectivity index (χ3n) is 3.15. The Labute approximate surface area is 113 Å². The SMILES string of the molecule is CCN(CCC(=O)OC)c1nccc2ccccc12. The molecule has 0 saturated carbocycles. The lowest BCUT2D eigenvalue weighted by Gasteiger charge is -2.22. The summed E-state index contributed by atoms with van der Waals surface area (Å²) in [6.07, 6.45) is 2.17. The van der Waals surface area contributed by atoms with Crippen LogP contribution in [0.25, 0.3) is 10.8 Å². The smallest absolute Gasteiger partial charge is 0.307 e. The lowest BCUT2D eigenvalue weighted by Crippen LogP contribution is -2.27. The Bertz CT molecular complexity index is 564. The van der Waals surface area contributed by atoms with Crippen LogP contribution in [0.5, 0.6) is 0 Å². The minimum absolute atomic E-state index is 0.196. The van der Waals surface area contributed by atoms with Gasteiger partial charge in [-0.2, -0.15) is 0 Å². The third kappa shape index (κ3) is 3.02. The second kappa shape index (κ2) is 6.18. The highest BCUT2D eigenvalue weighted by Crippen LogP contribution is 2.24. The van der Waals surface area contributed by atoms with Gasteiger partial charge in [0.15, 0.2) is 0 Å². The van der Waals surface area contributed by atoms with E-state index < -0.39 is 0 Å². The number of carbonyl (C=O) groups excluding carboxylic acids is 1. The van der Waals surface area contributed by atoms with Crippen LogP contribution in [0.1, 0.15) is 13.3 Å². The molecular formula is C15H18N2O2. The summed E-state index contributed by atoms with van der Waals surface area (Å²) in [4.78, 5) is 17.8. The molecule has 0 bridgehead atoms. The number of carbonyl (C=O) groups is 1. The van der Waals surface area contributed by atoms with Crippen LogP contribution in [0.4, 0.5) is 5.82 Å². The van der Waals surface area contributed by atoms with Crippen molar-refractivity contribution in [2.45, 2.75) is 13.3 Å². The number of aromatic nitrogens is 1. The molecule has 2 rings (SSSR count). The zero-order valence-electron chi connectivity index (χ0n) is 11.3. The largest absolute Gasteiger partial charge is 0.469 e. The van der Waals surface area contributed by atoms with Crippen molar-refractivity contribution in [3.63, 3.8) is 0 Å². The van der Waals surface area contributed by atoms with Crippen molar-refractivity contribution < 1.29 is 9.53 Å². The van der Waals surface area contributed by atoms with Crippen LogP contribution >= 0.6 is 0 Å². The molecule has 0 aliphatic rings. The van der Waals surface area contributed by atoms with Gasteiger partial charge in [-0.1, -0.05) is 24.3 Å². The van der Waals surface area contributed by atoms with Crippen LogP contribution in [0.15, 0.2) is 36.5 Å². The van der Waals surface area contributed by atoms with E-state index in [9.17, 15) is 4.79 Å². The quantitative estimate of drug-likeness (QED) is 0.773. The first kappa shape index (κ1) is 13.3. The van der Waals surface area contributed by atoms with Crippen molar-refractivity contribution in [3.05, 3.63) is 36.5 Å². The summed E-state index contributed by atoms with van der Waals surface area (Å²) in [6, 6.07) is 10.1. The maximum atomic E-state index is 11.3. The summed E-state index contributed by atoms with van der Waals surface area (Å²) in [5, 5.41) is 2.26. The Hall–Kier alpha value is -2.10. The normalized spacial score (nSPS) is 10.4. The average molecular weight is 258 g/mol. The number of anilines is 1. The van der Waals surface area contributed by atoms with Gasteiger partial charge in [-0.15, -0.1) is 0 Å². The third-order valence-corrected chi connectivity index (χ3v) is 3.15. The van der Waals surface area contributed by atoms with Gasteiger partial charge in [-0.3, -0.25) is 4.79 Å². The minimum Gasteiger partial charge on any atom is -0.469 e. The molecule has 1 aromatic carbocycles. The van der Waals surface area contributed by atoms with Gasteiger partial charge in [0.05, 0.1) is 13.5 Å². The highest BCUT2D eigenvalue weighted by molar-refractivity contribution is 5.92. The molecule has 0 unspecified atom stereocenters. The Morgan fingerprint density at radius 3 is 2.84 bits per heavy atom. The number of methoxy groups -OCH3 is 1. The number of pyridine rings is 1. The van der Waals surface area contributed by atoms with Crippen LogP contribution in [-0.4, -0.2) is 31.2 Å². The van der Waals surface area contributed by atoms with E-state index in [2.05, 4.69) is 33.7 Å². The van der Waals surface area contributed by atoms with E-state index in [1.807, 2.05) is 18.2 Å². The molecule has 4 heteroatoms. The van der Waals surface area contributed by atoms with E-state index >= 15 is 0 Å². The number of esters is 1. The first-order valence-corrected chi connectivity index (χ1v) is 6.41. The summed E-state index contributed by atoms with van der Waals surface area (Å²) in [7, 11) is 1.41. The fourth-order valence-corrected chi connectivity index (χ4v) is 2.10. The predicted molar refractivity (Wildman–Crippen MR) is 76.3 cm³/mol. The summed E-state index contributed by atoms with van der Waals surface area (Å²) >= 11 is 0. The molecule has 0 radical (unpaired) electrons. The topological polar surface area (TPSA) is 42.4 Å². The van der Waals surface area contributed by atoms with E-state index in [4.69, 9.17) is 0 Å². The summed E-state index contributed by atoms with van der Waals surface area (Å²) in [5.41, 5.74) is 0. The first-order valence-electron chi connectivity index (χ1n) is 6.41. The molecular weight excluding hydrogens is 240 g/mol. The minimum atomic E-state index is -0.196. The van der Waals surface area contributed by atoms with E-state index in [1.54, 1.807) is 6.20 Å². The van der Waals surface area contributed by atoms with Gasteiger partial charge >= 0.3 is 5.97 Å². The average Bonchev–Trinajstić information content (AvgIpc) is 2.47. The van der Waals surface area contributed by atoms with Crippen molar-refractivity contribution in [1.82, 2.24) is 4.98 Å². The van der Waals surface area contributed by atoms with Crippen molar-refractivity contribution >= 4 is 22.6 Å². The lowest BCUT2D eigenvalue weighted by atomic mass is 10.1. The molecule has 19 heavy (non-hydrogen) atoms. The molecule has 0 amide bonds. The van der Waals surface area contributed by atoms with Gasteiger partial charge < -0.3 is 9.64 Å². The first-order chi connectivity index (χ1) is 9.26. The maximum Gasteiger partial charge on any atom is 0.307 e. The molecule has 0 aliphatic heterocycles. The van der Waals surface area contributed by atoms with Crippen LogP contribution in [0.2, 0.25) is 0 Å². The van der Waals surface area contributed by atoms with Gasteiger partial charge in [0.1, 0.15) is 5.82 Å². The van der Waals surface area contributed by atoms with Crippen molar-refractivity contribution in [3.8, 4) is 0 Å². The number of nitrogens with zero attached hydrogens (tertiary/aromatic N) is 2. The number of rotatable bonds is 5. The number of ether oxygens (including phenoxy) is 1. The molecule has 0 atom stereocenters. The monoisotopic (exact) mass is 258 g/mol. The molecule has 1 heterocycles. The molecule has 1 aromatic heterocycles. The number of hydrogen-bond donors (Lipinski definition) is 0. The maximum absolute atomic E-state index is 11.3. The Balaban J connectivity index is 2.27. The predicted octanol–water partition coefficient (Wildman–Crippen LogP) is 2.62. The van der Waals surface area contributed by atoms with Gasteiger partial charge in [0, 0.05) is 24.7 Å². The molecule has 0 aliphatic carbocycles. The van der Waals surface area contributed by atoms with Gasteiger partial charge in [-0.25, -0.2) is 4.98 Å². The van der Waals surface area contributed by atoms with Gasteiger partial charge in [0.25, 0.3) is 0 Å². The van der Waals surface area contributed by atoms with Crippen molar-refractivity contribution in [1.29, 1.82) is 0 Å². The number of benzene rings is 1. The van der Waals surface area contributed by atoms with Gasteiger partial charge in [-0.05, 0) is 18.4 Å². The Morgan fingerprint density at radius 1 is 1.32 bits per heavy atom. The van der Waals surface area contributed by atoms with E-state index in [1.165, 1.54) is 7.11 Å². The summed E-state index contributed by atoms with van der Waals surface area (Å²) in [5.74, 6) is 0.725. The van der Waals surface area contributed by atoms with Crippen LogP contribution in [0, 0.1) is 0 Å². The van der Waals surface area contributed by atoms with E-state index in [-0.39, 0.29) is 5.97 Å². The Kier molecular flexibility index (Phi) is 4.34. The molecule has 0 spiro atoms. The molecule has 2 aromatic rings. The van der Waals surface area contributed by atoms with Crippen molar-refractivity contribution in [2.24, 2.45) is 0 Å². The molecule has 4 nitrogen and oxygen atoms in total. The summed E-state index contributed by atoms with van der Waals surface area (Å²) in [6.45, 7) is 3.48. The Morgan fingerprint density at radius 2 is 2.11 bits per heavy atom. The molecule has 0 N–H and O–H groups in total. The van der Waals surface area contributed by atoms with Gasteiger partial charge in [0.2, 0.25) is 0 Å². The zero-order valence-corrected chi connectivity index (χ0v) is 11.3. The van der Waals surface area contributed by atoms with Crippen molar-refractivity contribution in [2.75, 3.05) is 25.1 Å². The molecule has 100 valence electrons. The van der Waals surface area contributed by atoms with Crippen LogP contribution < -0.4 is 4.90 Å². The highest BCUT2D eigenvalue weighted by atomic mass is 16.5. The van der Waals surface area contributed by atoms with Crippen LogP contribution in [0.3, 0.4) is 0 Å². The second-order valence-electron chi connectivity index (χ2n) is 4.26. The van der Waals surface area contributed by atoms with E-state index in [0.29, 0.717) is 13.0 Å².